The zero-order valence-electron chi connectivity index (χ0n) is 14.9. The van der Waals surface area contributed by atoms with Crippen molar-refractivity contribution in [3.05, 3.63) is 54.1 Å². The number of imide groups is 1. The topological polar surface area (TPSA) is 124 Å². The van der Waals surface area contributed by atoms with E-state index in [9.17, 15) is 24.6 Å². The molecule has 2 aliphatic rings. The van der Waals surface area contributed by atoms with Crippen LogP contribution in [0.4, 0.5) is 5.69 Å². The van der Waals surface area contributed by atoms with Crippen LogP contribution in [0, 0.1) is 11.8 Å². The van der Waals surface area contributed by atoms with Crippen LogP contribution >= 0.6 is 0 Å². The van der Waals surface area contributed by atoms with Crippen LogP contribution in [0.5, 0.6) is 11.5 Å². The fourth-order valence-corrected chi connectivity index (χ4v) is 4.21. The van der Waals surface area contributed by atoms with Crippen LogP contribution in [0.15, 0.2) is 48.5 Å². The lowest BCUT2D eigenvalue weighted by Crippen LogP contribution is -2.92. The second kappa shape index (κ2) is 6.65. The van der Waals surface area contributed by atoms with Crippen molar-refractivity contribution in [3.8, 4) is 11.5 Å². The highest BCUT2D eigenvalue weighted by Crippen LogP contribution is 2.43. The molecule has 2 aromatic carbocycles. The molecule has 0 radical (unpaired) electrons. The van der Waals surface area contributed by atoms with Crippen LogP contribution in [0.25, 0.3) is 0 Å². The molecule has 0 spiro atoms. The Morgan fingerprint density at radius 1 is 1.07 bits per heavy atom. The number of nitrogens with two attached hydrogens (primary N) is 1. The number of amides is 2. The second-order valence-corrected chi connectivity index (χ2v) is 6.88. The molecule has 8 nitrogen and oxygen atoms in total. The summed E-state index contributed by atoms with van der Waals surface area (Å²) in [6, 6.07) is 10.9. The van der Waals surface area contributed by atoms with Gasteiger partial charge in [-0.05, 0) is 36.4 Å². The molecule has 2 aliphatic heterocycles. The maximum Gasteiger partial charge on any atom is 0.244 e. The normalized spacial score (nSPS) is 26.4. The predicted molar refractivity (Wildman–Crippen MR) is 94.0 cm³/mol. The van der Waals surface area contributed by atoms with Gasteiger partial charge in [0.05, 0.1) is 18.4 Å². The number of para-hydroxylation sites is 1. The van der Waals surface area contributed by atoms with Crippen molar-refractivity contribution in [2.45, 2.75) is 12.1 Å². The molecule has 4 atom stereocenters. The van der Waals surface area contributed by atoms with Crippen LogP contribution in [0.1, 0.15) is 11.6 Å². The molecule has 2 aromatic rings. The highest BCUT2D eigenvalue weighted by molar-refractivity contribution is 6.23. The Labute approximate surface area is 160 Å². The Morgan fingerprint density at radius 2 is 1.71 bits per heavy atom. The van der Waals surface area contributed by atoms with E-state index in [-0.39, 0.29) is 5.75 Å². The molecule has 8 heteroatoms. The summed E-state index contributed by atoms with van der Waals surface area (Å²) in [6.07, 6.45) is 0. The minimum atomic E-state index is -1.41. The number of phenolic OH excluding ortho intramolecular Hbond substituents is 1. The maximum absolute atomic E-state index is 13.2. The number of benzene rings is 2. The van der Waals surface area contributed by atoms with E-state index >= 15 is 0 Å². The third-order valence-electron chi connectivity index (χ3n) is 5.49. The number of aliphatic carboxylic acids is 1. The standard InChI is InChI=1S/C20H18N2O6/c1-28-11-8-6-10(7-9-11)22-18(24)14-15(19(22)25)17(20(26)27)21-16(14)12-4-2-3-5-13(12)23/h2-9,14-17,21,23H,1H3,(H,26,27)/t14-,15+,16+,17-/m0/s1. The van der Waals surface area contributed by atoms with Crippen LogP contribution in [0.3, 0.4) is 0 Å². The highest BCUT2D eigenvalue weighted by Gasteiger charge is 2.63. The summed E-state index contributed by atoms with van der Waals surface area (Å²) in [5, 5.41) is 23.3. The van der Waals surface area contributed by atoms with E-state index in [4.69, 9.17) is 4.74 Å². The zero-order valence-corrected chi connectivity index (χ0v) is 14.9. The summed E-state index contributed by atoms with van der Waals surface area (Å²) >= 11 is 0. The van der Waals surface area contributed by atoms with Gasteiger partial charge in [-0.3, -0.25) is 9.59 Å². The number of anilines is 1. The number of carboxylic acid groups (broad SMARTS) is 1. The summed E-state index contributed by atoms with van der Waals surface area (Å²) in [6.45, 7) is 0. The van der Waals surface area contributed by atoms with Crippen molar-refractivity contribution in [1.82, 2.24) is 0 Å². The van der Waals surface area contributed by atoms with E-state index < -0.39 is 41.7 Å². The number of carboxylic acids is 1. The van der Waals surface area contributed by atoms with Gasteiger partial charge in [0.2, 0.25) is 11.8 Å². The van der Waals surface area contributed by atoms with Gasteiger partial charge in [0, 0.05) is 0 Å². The van der Waals surface area contributed by atoms with Crippen molar-refractivity contribution in [2.75, 3.05) is 12.0 Å². The number of hydrogen-bond donors (Lipinski definition) is 2. The van der Waals surface area contributed by atoms with Gasteiger partial charge < -0.3 is 25.1 Å². The summed E-state index contributed by atoms with van der Waals surface area (Å²) in [7, 11) is 1.50. The minimum Gasteiger partial charge on any atom is -0.544 e. The summed E-state index contributed by atoms with van der Waals surface area (Å²) in [5.41, 5.74) is 0.761. The lowest BCUT2D eigenvalue weighted by molar-refractivity contribution is -0.705. The number of aromatic hydroxyl groups is 1. The van der Waals surface area contributed by atoms with E-state index in [2.05, 4.69) is 0 Å². The zero-order chi connectivity index (χ0) is 20.0. The molecular formula is C20H18N2O6. The first-order chi connectivity index (χ1) is 13.4. The fourth-order valence-electron chi connectivity index (χ4n) is 4.21. The summed E-state index contributed by atoms with van der Waals surface area (Å²) in [5.74, 6) is -3.95. The Kier molecular flexibility index (Phi) is 4.27. The molecule has 0 aliphatic carbocycles. The smallest absolute Gasteiger partial charge is 0.244 e. The lowest BCUT2D eigenvalue weighted by Gasteiger charge is -2.21. The van der Waals surface area contributed by atoms with Crippen molar-refractivity contribution in [3.63, 3.8) is 0 Å². The average Bonchev–Trinajstić information content (AvgIpc) is 3.20. The monoisotopic (exact) mass is 382 g/mol. The molecule has 0 bridgehead atoms. The molecule has 0 unspecified atom stereocenters. The van der Waals surface area contributed by atoms with Gasteiger partial charge in [-0.2, -0.15) is 0 Å². The molecule has 0 saturated carbocycles. The number of rotatable bonds is 4. The van der Waals surface area contributed by atoms with Gasteiger partial charge in [0.1, 0.15) is 41.4 Å². The number of methoxy groups -OCH3 is 1. The number of ether oxygens (including phenoxy) is 1. The number of nitrogens with zero attached hydrogens (tertiary/aromatic N) is 1. The van der Waals surface area contributed by atoms with E-state index in [1.54, 1.807) is 42.5 Å². The van der Waals surface area contributed by atoms with Gasteiger partial charge in [0.15, 0.2) is 0 Å². The molecule has 2 saturated heterocycles. The Morgan fingerprint density at radius 3 is 2.32 bits per heavy atom. The molecule has 2 heterocycles. The fraction of sp³-hybridized carbons (Fsp3) is 0.250. The number of quaternary nitrogens is 1. The van der Waals surface area contributed by atoms with Gasteiger partial charge in [-0.15, -0.1) is 0 Å². The van der Waals surface area contributed by atoms with Crippen LogP contribution in [-0.2, 0) is 14.4 Å². The van der Waals surface area contributed by atoms with E-state index in [0.29, 0.717) is 17.0 Å². The minimum absolute atomic E-state index is 0.0513. The maximum atomic E-state index is 13.2. The molecule has 2 amide bonds. The van der Waals surface area contributed by atoms with Gasteiger partial charge in [-0.1, -0.05) is 12.1 Å². The largest absolute Gasteiger partial charge is 0.544 e. The van der Waals surface area contributed by atoms with Crippen molar-refractivity contribution in [1.29, 1.82) is 0 Å². The average molecular weight is 382 g/mol. The number of fused-ring (bicyclic) bond motifs is 1. The van der Waals surface area contributed by atoms with Gasteiger partial charge >= 0.3 is 0 Å². The van der Waals surface area contributed by atoms with E-state index in [0.717, 1.165) is 4.90 Å². The number of phenols is 1. The first-order valence-corrected chi connectivity index (χ1v) is 8.79. The number of carbonyl (C=O) groups is 3. The predicted octanol–water partition coefficient (Wildman–Crippen LogP) is -1.06. The highest BCUT2D eigenvalue weighted by atomic mass is 16.5. The van der Waals surface area contributed by atoms with Crippen LogP contribution in [0.2, 0.25) is 0 Å². The van der Waals surface area contributed by atoms with Crippen LogP contribution < -0.4 is 20.1 Å². The molecular weight excluding hydrogens is 364 g/mol. The van der Waals surface area contributed by atoms with E-state index in [1.807, 2.05) is 0 Å². The number of carbonyl (C=O) groups excluding carboxylic acids is 3. The molecule has 3 N–H and O–H groups in total. The Hall–Kier alpha value is -3.39. The van der Waals surface area contributed by atoms with Gasteiger partial charge in [-0.25, -0.2) is 4.90 Å². The SMILES string of the molecule is COc1ccc(N2C(=O)[C@@H]3[C@H](C2=O)[C@@H](c2ccccc2O)[NH2+][C@@H]3C(=O)[O-])cc1. The lowest BCUT2D eigenvalue weighted by atomic mass is 9.86. The first-order valence-electron chi connectivity index (χ1n) is 8.79. The van der Waals surface area contributed by atoms with Gasteiger partial charge in [0.25, 0.3) is 0 Å². The number of hydrogen-bond acceptors (Lipinski definition) is 6. The summed E-state index contributed by atoms with van der Waals surface area (Å²) in [4.78, 5) is 38.9. The molecule has 28 heavy (non-hydrogen) atoms. The van der Waals surface area contributed by atoms with Crippen LogP contribution in [-0.4, -0.2) is 36.0 Å². The third-order valence-corrected chi connectivity index (χ3v) is 5.49. The van der Waals surface area contributed by atoms with Crippen molar-refractivity contribution < 1.29 is 34.7 Å². The molecule has 0 aromatic heterocycles. The van der Waals surface area contributed by atoms with Crippen molar-refractivity contribution in [2.24, 2.45) is 11.8 Å². The van der Waals surface area contributed by atoms with E-state index in [1.165, 1.54) is 18.5 Å². The first kappa shape index (κ1) is 18.0. The molecule has 4 rings (SSSR count). The summed E-state index contributed by atoms with van der Waals surface area (Å²) < 4.78 is 5.09. The molecule has 2 fully saturated rings. The third kappa shape index (κ3) is 2.61. The molecule has 144 valence electrons. The Bertz CT molecular complexity index is 957. The Balaban J connectivity index is 1.76. The van der Waals surface area contributed by atoms with Crippen molar-refractivity contribution >= 4 is 23.5 Å². The quantitative estimate of drug-likeness (QED) is 0.650. The second-order valence-electron chi connectivity index (χ2n) is 6.88.